The second-order valence-electron chi connectivity index (χ2n) is 4.90. The summed E-state index contributed by atoms with van der Waals surface area (Å²) in [5.41, 5.74) is 8.52. The van der Waals surface area contributed by atoms with Crippen molar-refractivity contribution >= 4 is 23.2 Å². The lowest BCUT2D eigenvalue weighted by atomic mass is 10.1. The van der Waals surface area contributed by atoms with Gasteiger partial charge >= 0.3 is 0 Å². The monoisotopic (exact) mass is 332 g/mol. The first-order chi connectivity index (χ1) is 10.7. The topological polar surface area (TPSA) is 67.6 Å². The first kappa shape index (κ1) is 15.0. The van der Waals surface area contributed by atoms with Crippen LogP contribution in [0.4, 0.5) is 0 Å². The molecular formula is C16H14Cl2N4. The van der Waals surface area contributed by atoms with Gasteiger partial charge in [0.25, 0.3) is 0 Å². The van der Waals surface area contributed by atoms with Crippen molar-refractivity contribution in [2.75, 3.05) is 0 Å². The Labute approximate surface area is 138 Å². The van der Waals surface area contributed by atoms with Gasteiger partial charge < -0.3 is 5.73 Å². The molecule has 0 aliphatic heterocycles. The fourth-order valence-electron chi connectivity index (χ4n) is 2.16. The van der Waals surface area contributed by atoms with Crippen LogP contribution in [0.5, 0.6) is 0 Å². The van der Waals surface area contributed by atoms with Gasteiger partial charge in [-0.15, -0.1) is 0 Å². The van der Waals surface area contributed by atoms with Crippen molar-refractivity contribution in [3.63, 3.8) is 0 Å². The van der Waals surface area contributed by atoms with Crippen molar-refractivity contribution in [2.45, 2.75) is 13.0 Å². The van der Waals surface area contributed by atoms with E-state index in [-0.39, 0.29) is 0 Å². The predicted octanol–water partition coefficient (Wildman–Crippen LogP) is 3.83. The molecule has 0 unspecified atom stereocenters. The van der Waals surface area contributed by atoms with Crippen LogP contribution in [0.2, 0.25) is 10.0 Å². The summed E-state index contributed by atoms with van der Waals surface area (Å²) < 4.78 is 0. The highest BCUT2D eigenvalue weighted by molar-refractivity contribution is 6.42. The first-order valence-electron chi connectivity index (χ1n) is 6.81. The van der Waals surface area contributed by atoms with Crippen molar-refractivity contribution in [1.82, 2.24) is 15.2 Å². The van der Waals surface area contributed by atoms with Crippen molar-refractivity contribution < 1.29 is 0 Å². The van der Waals surface area contributed by atoms with Gasteiger partial charge in [0.2, 0.25) is 0 Å². The summed E-state index contributed by atoms with van der Waals surface area (Å²) in [6.07, 6.45) is 0.549. The third kappa shape index (κ3) is 3.14. The Hall–Kier alpha value is -1.88. The number of nitrogens with two attached hydrogens (primary N) is 1. The van der Waals surface area contributed by atoms with Crippen molar-refractivity contribution in [2.24, 2.45) is 5.73 Å². The zero-order valence-electron chi connectivity index (χ0n) is 11.7. The smallest absolute Gasteiger partial charge is 0.181 e. The lowest BCUT2D eigenvalue weighted by molar-refractivity contribution is 0.973. The molecule has 0 amide bonds. The molecule has 1 heterocycles. The van der Waals surface area contributed by atoms with E-state index in [1.165, 1.54) is 0 Å². The molecule has 0 radical (unpaired) electrons. The second-order valence-corrected chi connectivity index (χ2v) is 5.68. The minimum Gasteiger partial charge on any atom is -0.326 e. The Bertz CT molecular complexity index is 781. The number of benzene rings is 2. The molecule has 4 nitrogen and oxygen atoms in total. The van der Waals surface area contributed by atoms with Gasteiger partial charge in [-0.2, -0.15) is 5.10 Å². The maximum Gasteiger partial charge on any atom is 0.181 e. The van der Waals surface area contributed by atoms with Crippen LogP contribution in [0, 0.1) is 0 Å². The van der Waals surface area contributed by atoms with Crippen LogP contribution in [0.3, 0.4) is 0 Å². The van der Waals surface area contributed by atoms with E-state index < -0.39 is 0 Å². The Balaban J connectivity index is 1.82. The highest BCUT2D eigenvalue weighted by Crippen LogP contribution is 2.27. The quantitative estimate of drug-likeness (QED) is 0.762. The third-order valence-corrected chi connectivity index (χ3v) is 4.23. The van der Waals surface area contributed by atoms with Crippen LogP contribution in [-0.2, 0) is 13.0 Å². The normalized spacial score (nSPS) is 10.9. The summed E-state index contributed by atoms with van der Waals surface area (Å²) in [5, 5.41) is 8.28. The lowest BCUT2D eigenvalue weighted by Gasteiger charge is -2.02. The summed E-state index contributed by atoms with van der Waals surface area (Å²) in [6.45, 7) is 0.521. The largest absolute Gasteiger partial charge is 0.326 e. The van der Waals surface area contributed by atoms with E-state index in [9.17, 15) is 0 Å². The highest BCUT2D eigenvalue weighted by Gasteiger charge is 2.10. The maximum absolute atomic E-state index is 6.19. The number of nitrogens with zero attached hydrogens (tertiary/aromatic N) is 2. The average molecular weight is 333 g/mol. The van der Waals surface area contributed by atoms with Crippen LogP contribution < -0.4 is 5.73 Å². The first-order valence-corrected chi connectivity index (χ1v) is 7.56. The van der Waals surface area contributed by atoms with Crippen molar-refractivity contribution in [1.29, 1.82) is 0 Å². The molecule has 0 aliphatic carbocycles. The lowest BCUT2D eigenvalue weighted by Crippen LogP contribution is -1.95. The van der Waals surface area contributed by atoms with Crippen LogP contribution >= 0.6 is 23.2 Å². The second kappa shape index (κ2) is 6.48. The Morgan fingerprint density at radius 2 is 1.82 bits per heavy atom. The SMILES string of the molecule is NCc1ccc(-c2n[nH]c(Cc3cccc(Cl)c3Cl)n2)cc1. The molecule has 2 aromatic carbocycles. The van der Waals surface area contributed by atoms with E-state index in [1.807, 2.05) is 36.4 Å². The van der Waals surface area contributed by atoms with E-state index in [0.717, 1.165) is 22.5 Å². The molecule has 0 fully saturated rings. The molecule has 0 aliphatic rings. The summed E-state index contributed by atoms with van der Waals surface area (Å²) >= 11 is 12.2. The standard InChI is InChI=1S/C16H14Cl2N4/c17-13-3-1-2-12(15(13)18)8-14-20-16(22-21-14)11-6-4-10(9-19)5-7-11/h1-7H,8-9,19H2,(H,20,21,22). The number of rotatable bonds is 4. The van der Waals surface area contributed by atoms with Crippen LogP contribution in [0.25, 0.3) is 11.4 Å². The molecule has 0 atom stereocenters. The molecular weight excluding hydrogens is 319 g/mol. The van der Waals surface area contributed by atoms with Crippen molar-refractivity contribution in [3.8, 4) is 11.4 Å². The molecule has 6 heteroatoms. The van der Waals surface area contributed by atoms with Gasteiger partial charge in [-0.3, -0.25) is 5.10 Å². The fourth-order valence-corrected chi connectivity index (χ4v) is 2.55. The van der Waals surface area contributed by atoms with Crippen molar-refractivity contribution in [3.05, 3.63) is 69.5 Å². The zero-order chi connectivity index (χ0) is 15.5. The van der Waals surface area contributed by atoms with Gasteiger partial charge in [0, 0.05) is 18.5 Å². The summed E-state index contributed by atoms with van der Waals surface area (Å²) in [7, 11) is 0. The summed E-state index contributed by atoms with van der Waals surface area (Å²) in [6, 6.07) is 13.4. The van der Waals surface area contributed by atoms with E-state index in [1.54, 1.807) is 6.07 Å². The number of hydrogen-bond donors (Lipinski definition) is 2. The molecule has 112 valence electrons. The van der Waals surface area contributed by atoms with Gasteiger partial charge in [-0.1, -0.05) is 59.6 Å². The van der Waals surface area contributed by atoms with Gasteiger partial charge in [0.05, 0.1) is 10.0 Å². The third-order valence-electron chi connectivity index (χ3n) is 3.37. The Morgan fingerprint density at radius 3 is 2.55 bits per heavy atom. The van der Waals surface area contributed by atoms with E-state index in [4.69, 9.17) is 28.9 Å². The number of aromatic nitrogens is 3. The predicted molar refractivity (Wildman–Crippen MR) is 89.0 cm³/mol. The maximum atomic E-state index is 6.19. The molecule has 0 bridgehead atoms. The fraction of sp³-hybridized carbons (Fsp3) is 0.125. The zero-order valence-corrected chi connectivity index (χ0v) is 13.2. The van der Waals surface area contributed by atoms with E-state index in [2.05, 4.69) is 15.2 Å². The highest BCUT2D eigenvalue weighted by atomic mass is 35.5. The summed E-state index contributed by atoms with van der Waals surface area (Å²) in [4.78, 5) is 4.50. The molecule has 22 heavy (non-hydrogen) atoms. The van der Waals surface area contributed by atoms with Gasteiger partial charge in [0.1, 0.15) is 5.82 Å². The van der Waals surface area contributed by atoms with Gasteiger partial charge in [0.15, 0.2) is 5.82 Å². The summed E-state index contributed by atoms with van der Waals surface area (Å²) in [5.74, 6) is 1.39. The number of halogens is 2. The molecule has 3 N–H and O–H groups in total. The van der Waals surface area contributed by atoms with Gasteiger partial charge in [-0.25, -0.2) is 4.98 Å². The van der Waals surface area contributed by atoms with Crippen LogP contribution in [-0.4, -0.2) is 15.2 Å². The molecule has 3 aromatic rings. The molecule has 0 spiro atoms. The minimum atomic E-state index is 0.521. The number of aromatic amines is 1. The Morgan fingerprint density at radius 1 is 1.05 bits per heavy atom. The Kier molecular flexibility index (Phi) is 4.43. The molecule has 0 saturated carbocycles. The van der Waals surface area contributed by atoms with Gasteiger partial charge in [-0.05, 0) is 17.2 Å². The molecule has 3 rings (SSSR count). The van der Waals surface area contributed by atoms with E-state index >= 15 is 0 Å². The molecule has 1 aromatic heterocycles. The number of hydrogen-bond acceptors (Lipinski definition) is 3. The minimum absolute atomic E-state index is 0.521. The average Bonchev–Trinajstić information content (AvgIpc) is 3.00. The van der Waals surface area contributed by atoms with E-state index in [0.29, 0.717) is 28.8 Å². The van der Waals surface area contributed by atoms with Crippen LogP contribution in [0.1, 0.15) is 17.0 Å². The number of nitrogens with one attached hydrogen (secondary N) is 1. The molecule has 0 saturated heterocycles. The van der Waals surface area contributed by atoms with Crippen LogP contribution in [0.15, 0.2) is 42.5 Å². The number of H-pyrrole nitrogens is 1.